The quantitative estimate of drug-likeness (QED) is 0.659. The third-order valence-electron chi connectivity index (χ3n) is 6.33. The number of hydrogen-bond acceptors (Lipinski definition) is 6. The molecule has 2 heterocycles. The van der Waals surface area contributed by atoms with Crippen molar-refractivity contribution in [2.75, 3.05) is 31.1 Å². The maximum atomic E-state index is 13.0. The zero-order chi connectivity index (χ0) is 23.9. The number of carbonyl (C=O) groups is 3. The van der Waals surface area contributed by atoms with E-state index in [1.54, 1.807) is 18.2 Å². The normalized spacial score (nSPS) is 20.4. The van der Waals surface area contributed by atoms with Crippen LogP contribution in [0.1, 0.15) is 27.9 Å². The van der Waals surface area contributed by atoms with Gasteiger partial charge in [-0.3, -0.25) is 14.5 Å². The van der Waals surface area contributed by atoms with Gasteiger partial charge in [-0.2, -0.15) is 4.31 Å². The lowest BCUT2D eigenvalue weighted by Crippen LogP contribution is -2.53. The van der Waals surface area contributed by atoms with Gasteiger partial charge in [0, 0.05) is 26.2 Å². The molecule has 174 valence electrons. The van der Waals surface area contributed by atoms with Crippen LogP contribution in [0.25, 0.3) is 0 Å². The Morgan fingerprint density at radius 1 is 0.939 bits per heavy atom. The van der Waals surface area contributed by atoms with Gasteiger partial charge in [0.15, 0.2) is 0 Å². The minimum atomic E-state index is -3.64. The molecule has 0 spiro atoms. The Hall–Kier alpha value is -3.08. The zero-order valence-corrected chi connectivity index (χ0v) is 19.2. The van der Waals surface area contributed by atoms with Crippen LogP contribution >= 0.6 is 0 Å². The van der Waals surface area contributed by atoms with Crippen LogP contribution in [0, 0.1) is 13.8 Å². The first-order chi connectivity index (χ1) is 15.6. The molecule has 1 atom stereocenters. The van der Waals surface area contributed by atoms with Crippen molar-refractivity contribution in [2.24, 2.45) is 0 Å². The van der Waals surface area contributed by atoms with Crippen LogP contribution in [0.2, 0.25) is 0 Å². The number of rotatable bonds is 5. The number of aromatic carboxylic acids is 1. The first kappa shape index (κ1) is 23.1. The van der Waals surface area contributed by atoms with Crippen molar-refractivity contribution >= 4 is 33.5 Å². The summed E-state index contributed by atoms with van der Waals surface area (Å²) in [6.45, 7) is 4.91. The van der Waals surface area contributed by atoms with Gasteiger partial charge in [0.05, 0.1) is 28.6 Å². The Kier molecular flexibility index (Phi) is 6.08. The zero-order valence-electron chi connectivity index (χ0n) is 18.4. The molecule has 2 fully saturated rings. The number of hydrogen-bond donors (Lipinski definition) is 1. The van der Waals surface area contributed by atoms with E-state index in [-0.39, 0.29) is 41.8 Å². The van der Waals surface area contributed by atoms with E-state index >= 15 is 0 Å². The van der Waals surface area contributed by atoms with E-state index < -0.39 is 22.0 Å². The fourth-order valence-corrected chi connectivity index (χ4v) is 5.71. The standard InChI is InChI=1S/C23H25N3O6S/c1-15-3-8-19(13-16(15)2)33(31,32)25-11-9-24(10-12-25)20-14-21(27)26(22(20)28)18-6-4-17(5-7-18)23(29)30/h3-8,13,20H,9-12,14H2,1-2H3,(H,29,30)/t20-/m0/s1. The van der Waals surface area contributed by atoms with E-state index in [9.17, 15) is 22.8 Å². The van der Waals surface area contributed by atoms with E-state index in [0.29, 0.717) is 18.8 Å². The second-order valence-electron chi connectivity index (χ2n) is 8.33. The second kappa shape index (κ2) is 8.69. The van der Waals surface area contributed by atoms with Crippen molar-refractivity contribution < 1.29 is 27.9 Å². The molecule has 1 N–H and O–H groups in total. The van der Waals surface area contributed by atoms with Crippen molar-refractivity contribution in [2.45, 2.75) is 31.2 Å². The van der Waals surface area contributed by atoms with Crippen LogP contribution in [0.5, 0.6) is 0 Å². The second-order valence-corrected chi connectivity index (χ2v) is 10.3. The lowest BCUT2D eigenvalue weighted by molar-refractivity contribution is -0.123. The molecule has 9 nitrogen and oxygen atoms in total. The number of sulfonamides is 1. The maximum absolute atomic E-state index is 13.0. The van der Waals surface area contributed by atoms with Crippen LogP contribution in [0.3, 0.4) is 0 Å². The molecule has 2 amide bonds. The first-order valence-corrected chi connectivity index (χ1v) is 12.0. The monoisotopic (exact) mass is 471 g/mol. The van der Waals surface area contributed by atoms with Gasteiger partial charge < -0.3 is 5.11 Å². The van der Waals surface area contributed by atoms with Crippen molar-refractivity contribution in [3.8, 4) is 0 Å². The molecule has 4 rings (SSSR count). The molecule has 2 saturated heterocycles. The van der Waals surface area contributed by atoms with Gasteiger partial charge in [-0.15, -0.1) is 0 Å². The van der Waals surface area contributed by atoms with Crippen molar-refractivity contribution in [3.63, 3.8) is 0 Å². The van der Waals surface area contributed by atoms with Crippen molar-refractivity contribution in [3.05, 3.63) is 59.2 Å². The predicted molar refractivity (Wildman–Crippen MR) is 121 cm³/mol. The van der Waals surface area contributed by atoms with E-state index in [4.69, 9.17) is 5.11 Å². The van der Waals surface area contributed by atoms with Crippen LogP contribution in [0.4, 0.5) is 5.69 Å². The Labute approximate surface area is 192 Å². The average molecular weight is 472 g/mol. The van der Waals surface area contributed by atoms with Crippen molar-refractivity contribution in [1.82, 2.24) is 9.21 Å². The fourth-order valence-electron chi connectivity index (χ4n) is 4.20. The van der Waals surface area contributed by atoms with Crippen LogP contribution in [0.15, 0.2) is 47.4 Å². The molecule has 0 saturated carbocycles. The molecule has 0 bridgehead atoms. The van der Waals surface area contributed by atoms with Gasteiger partial charge in [-0.1, -0.05) is 6.07 Å². The van der Waals surface area contributed by atoms with Crippen molar-refractivity contribution in [1.29, 1.82) is 0 Å². The Bertz CT molecular complexity index is 1220. The molecule has 10 heteroatoms. The summed E-state index contributed by atoms with van der Waals surface area (Å²) in [6, 6.07) is 9.98. The lowest BCUT2D eigenvalue weighted by atomic mass is 10.1. The van der Waals surface area contributed by atoms with Gasteiger partial charge >= 0.3 is 5.97 Å². The van der Waals surface area contributed by atoms with E-state index in [1.165, 1.54) is 28.6 Å². The van der Waals surface area contributed by atoms with Gasteiger partial charge in [0.2, 0.25) is 15.9 Å². The summed E-state index contributed by atoms with van der Waals surface area (Å²) in [5.41, 5.74) is 2.32. The Morgan fingerprint density at radius 3 is 2.15 bits per heavy atom. The summed E-state index contributed by atoms with van der Waals surface area (Å²) in [7, 11) is -3.64. The van der Waals surface area contributed by atoms with Gasteiger partial charge in [-0.25, -0.2) is 18.1 Å². The number of amides is 2. The summed E-state index contributed by atoms with van der Waals surface area (Å²) in [5, 5.41) is 9.03. The summed E-state index contributed by atoms with van der Waals surface area (Å²) in [4.78, 5) is 39.8. The summed E-state index contributed by atoms with van der Waals surface area (Å²) >= 11 is 0. The fraction of sp³-hybridized carbons (Fsp3) is 0.348. The van der Waals surface area contributed by atoms with Gasteiger partial charge in [0.1, 0.15) is 0 Å². The number of imide groups is 1. The summed E-state index contributed by atoms with van der Waals surface area (Å²) in [5.74, 6) is -1.83. The summed E-state index contributed by atoms with van der Waals surface area (Å²) in [6.07, 6.45) is 0.00339. The minimum absolute atomic E-state index is 0.00339. The van der Waals surface area contributed by atoms with E-state index in [0.717, 1.165) is 16.0 Å². The van der Waals surface area contributed by atoms with Crippen LogP contribution < -0.4 is 4.90 Å². The largest absolute Gasteiger partial charge is 0.478 e. The number of anilines is 1. The third kappa shape index (κ3) is 4.29. The minimum Gasteiger partial charge on any atom is -0.478 e. The van der Waals surface area contributed by atoms with Gasteiger partial charge in [0.25, 0.3) is 5.91 Å². The SMILES string of the molecule is Cc1ccc(S(=O)(=O)N2CCN([C@H]3CC(=O)N(c4ccc(C(=O)O)cc4)C3=O)CC2)cc1C. The predicted octanol–water partition coefficient (Wildman–Crippen LogP) is 1.64. The smallest absolute Gasteiger partial charge is 0.335 e. The number of carboxylic acid groups (broad SMARTS) is 1. The van der Waals surface area contributed by atoms with E-state index in [1.807, 2.05) is 18.7 Å². The molecule has 2 aromatic rings. The molecule has 2 aliphatic heterocycles. The molecular formula is C23H25N3O6S. The number of benzene rings is 2. The molecule has 0 aliphatic carbocycles. The highest BCUT2D eigenvalue weighted by Crippen LogP contribution is 2.28. The molecule has 0 aromatic heterocycles. The number of aryl methyl sites for hydroxylation is 2. The molecular weight excluding hydrogens is 446 g/mol. The molecule has 2 aliphatic rings. The van der Waals surface area contributed by atoms with E-state index in [2.05, 4.69) is 0 Å². The summed E-state index contributed by atoms with van der Waals surface area (Å²) < 4.78 is 27.5. The number of carboxylic acids is 1. The molecule has 0 unspecified atom stereocenters. The third-order valence-corrected chi connectivity index (χ3v) is 8.22. The molecule has 33 heavy (non-hydrogen) atoms. The topological polar surface area (TPSA) is 115 Å². The van der Waals surface area contributed by atoms with Gasteiger partial charge in [-0.05, 0) is 61.4 Å². The number of nitrogens with zero attached hydrogens (tertiary/aromatic N) is 3. The highest BCUT2D eigenvalue weighted by atomic mass is 32.2. The highest BCUT2D eigenvalue weighted by Gasteiger charge is 2.44. The highest BCUT2D eigenvalue weighted by molar-refractivity contribution is 7.89. The molecule has 0 radical (unpaired) electrons. The average Bonchev–Trinajstić information content (AvgIpc) is 3.09. The van der Waals surface area contributed by atoms with Crippen LogP contribution in [-0.2, 0) is 19.6 Å². The molecule has 2 aromatic carbocycles. The van der Waals surface area contributed by atoms with Crippen LogP contribution in [-0.4, -0.2) is 72.7 Å². The Balaban J connectivity index is 1.44. The Morgan fingerprint density at radius 2 is 1.58 bits per heavy atom. The first-order valence-electron chi connectivity index (χ1n) is 10.6. The maximum Gasteiger partial charge on any atom is 0.335 e. The lowest BCUT2D eigenvalue weighted by Gasteiger charge is -2.36. The number of carbonyl (C=O) groups excluding carboxylic acids is 2. The number of piperazine rings is 1.